The van der Waals surface area contributed by atoms with Crippen molar-refractivity contribution < 1.29 is 4.79 Å². The number of anilines is 2. The summed E-state index contributed by atoms with van der Waals surface area (Å²) in [5.41, 5.74) is 3.27. The van der Waals surface area contributed by atoms with E-state index in [0.29, 0.717) is 23.2 Å². The van der Waals surface area contributed by atoms with Crippen LogP contribution < -0.4 is 20.7 Å². The Bertz CT molecular complexity index is 1040. The molecule has 4 rings (SSSR count). The molecule has 2 fully saturated rings. The number of nitrogens with zero attached hydrogens (tertiary/aromatic N) is 4. The molecule has 2 aromatic heterocycles. The summed E-state index contributed by atoms with van der Waals surface area (Å²) < 4.78 is 0. The van der Waals surface area contributed by atoms with Crippen LogP contribution in [0, 0.1) is 20.8 Å². The molecule has 8 nitrogen and oxygen atoms in total. The van der Waals surface area contributed by atoms with Crippen molar-refractivity contribution in [3.8, 4) is 0 Å². The number of carbonyl (C=O) groups excluding carboxylic acids is 1. The summed E-state index contributed by atoms with van der Waals surface area (Å²) in [7, 11) is 0. The Morgan fingerprint density at radius 1 is 1.16 bits per heavy atom. The lowest BCUT2D eigenvalue weighted by atomic mass is 10.1. The van der Waals surface area contributed by atoms with Gasteiger partial charge in [-0.25, -0.2) is 4.98 Å². The highest BCUT2D eigenvalue weighted by Gasteiger charge is 2.28. The monoisotopic (exact) mass is 424 g/mol. The fraction of sp³-hybridized carbons (Fsp3) is 0.565. The van der Waals surface area contributed by atoms with Crippen LogP contribution in [0.1, 0.15) is 65.5 Å². The van der Waals surface area contributed by atoms with E-state index >= 15 is 0 Å². The number of H-pyrrole nitrogens is 1. The Hall–Kier alpha value is -2.90. The van der Waals surface area contributed by atoms with Crippen LogP contribution in [-0.2, 0) is 6.54 Å². The van der Waals surface area contributed by atoms with E-state index in [1.165, 1.54) is 0 Å². The van der Waals surface area contributed by atoms with Crippen LogP contribution in [0.4, 0.5) is 11.8 Å². The smallest absolute Gasteiger partial charge is 0.270 e. The molecule has 2 aliphatic heterocycles. The van der Waals surface area contributed by atoms with Crippen molar-refractivity contribution in [1.82, 2.24) is 20.3 Å². The van der Waals surface area contributed by atoms with Crippen molar-refractivity contribution >= 4 is 17.7 Å². The second kappa shape index (κ2) is 8.69. The van der Waals surface area contributed by atoms with Gasteiger partial charge >= 0.3 is 0 Å². The minimum atomic E-state index is -0.271. The van der Waals surface area contributed by atoms with Gasteiger partial charge in [0.25, 0.3) is 11.5 Å². The van der Waals surface area contributed by atoms with Crippen molar-refractivity contribution in [2.45, 2.75) is 66.0 Å². The molecule has 0 bridgehead atoms. The Kier molecular flexibility index (Phi) is 5.98. The van der Waals surface area contributed by atoms with E-state index in [2.05, 4.69) is 32.0 Å². The molecule has 0 saturated carbocycles. The number of hydrogen-bond acceptors (Lipinski definition) is 6. The van der Waals surface area contributed by atoms with E-state index in [1.54, 1.807) is 0 Å². The Morgan fingerprint density at radius 2 is 1.90 bits per heavy atom. The van der Waals surface area contributed by atoms with Crippen molar-refractivity contribution in [2.75, 3.05) is 29.4 Å². The second-order valence-corrected chi connectivity index (χ2v) is 8.83. The Morgan fingerprint density at radius 3 is 2.55 bits per heavy atom. The van der Waals surface area contributed by atoms with E-state index in [-0.39, 0.29) is 18.0 Å². The zero-order chi connectivity index (χ0) is 22.1. The number of nitrogens with one attached hydrogen (secondary N) is 2. The second-order valence-electron chi connectivity index (χ2n) is 8.83. The van der Waals surface area contributed by atoms with Gasteiger partial charge in [-0.3, -0.25) is 9.59 Å². The zero-order valence-corrected chi connectivity index (χ0v) is 18.9. The first kappa shape index (κ1) is 21.3. The molecule has 166 valence electrons. The minimum Gasteiger partial charge on any atom is -0.354 e. The number of aryl methyl sites for hydroxylation is 2. The molecule has 0 unspecified atom stereocenters. The lowest BCUT2D eigenvalue weighted by molar-refractivity contribution is 0.0945. The largest absolute Gasteiger partial charge is 0.354 e. The van der Waals surface area contributed by atoms with Gasteiger partial charge < -0.3 is 20.1 Å². The van der Waals surface area contributed by atoms with Crippen molar-refractivity contribution in [3.05, 3.63) is 44.5 Å². The van der Waals surface area contributed by atoms with Crippen LogP contribution in [0.15, 0.2) is 10.9 Å². The van der Waals surface area contributed by atoms with Gasteiger partial charge in [0.05, 0.1) is 0 Å². The molecule has 0 aromatic carbocycles. The molecule has 2 saturated heterocycles. The first-order chi connectivity index (χ1) is 14.8. The van der Waals surface area contributed by atoms with E-state index in [4.69, 9.17) is 4.98 Å². The fourth-order valence-corrected chi connectivity index (χ4v) is 4.65. The van der Waals surface area contributed by atoms with Crippen molar-refractivity contribution in [3.63, 3.8) is 0 Å². The summed E-state index contributed by atoms with van der Waals surface area (Å²) in [5, 5.41) is 2.92. The average molecular weight is 425 g/mol. The predicted octanol–water partition coefficient (Wildman–Crippen LogP) is 2.61. The van der Waals surface area contributed by atoms with Gasteiger partial charge in [-0.15, -0.1) is 0 Å². The first-order valence-electron chi connectivity index (χ1n) is 11.2. The van der Waals surface area contributed by atoms with Gasteiger partial charge in [-0.2, -0.15) is 4.98 Å². The summed E-state index contributed by atoms with van der Waals surface area (Å²) in [6, 6.07) is 2.31. The maximum Gasteiger partial charge on any atom is 0.270 e. The third kappa shape index (κ3) is 4.29. The molecule has 1 atom stereocenters. The van der Waals surface area contributed by atoms with Crippen LogP contribution in [0.3, 0.4) is 0 Å². The van der Waals surface area contributed by atoms with E-state index in [1.807, 2.05) is 26.8 Å². The van der Waals surface area contributed by atoms with Crippen LogP contribution in [-0.4, -0.2) is 46.5 Å². The van der Waals surface area contributed by atoms with Crippen molar-refractivity contribution in [2.24, 2.45) is 0 Å². The quantitative estimate of drug-likeness (QED) is 0.766. The van der Waals surface area contributed by atoms with E-state index in [0.717, 1.165) is 68.0 Å². The number of carbonyl (C=O) groups is 1. The normalized spacial score (nSPS) is 18.6. The number of hydrogen-bond donors (Lipinski definition) is 2. The number of aromatic amines is 1. The molecule has 31 heavy (non-hydrogen) atoms. The van der Waals surface area contributed by atoms with E-state index in [9.17, 15) is 9.59 Å². The molecule has 0 aliphatic carbocycles. The predicted molar refractivity (Wildman–Crippen MR) is 122 cm³/mol. The first-order valence-corrected chi connectivity index (χ1v) is 11.2. The third-order valence-corrected chi connectivity index (χ3v) is 6.46. The summed E-state index contributed by atoms with van der Waals surface area (Å²) >= 11 is 0. The molecule has 8 heteroatoms. The molecule has 2 aliphatic rings. The number of rotatable bonds is 5. The molecule has 2 N–H and O–H groups in total. The molecule has 1 amide bonds. The SMILES string of the molecule is Cc1cc(C)c(CNC(=O)c2nc(N3CCCC3)nc(N3CCC[C@@H]3C)c2C)c(=O)[nH]1. The molecule has 2 aromatic rings. The summed E-state index contributed by atoms with van der Waals surface area (Å²) in [4.78, 5) is 42.3. The van der Waals surface area contributed by atoms with Gasteiger partial charge in [0, 0.05) is 49.0 Å². The van der Waals surface area contributed by atoms with Gasteiger partial charge in [0.2, 0.25) is 5.95 Å². The lowest BCUT2D eigenvalue weighted by Crippen LogP contribution is -2.33. The molecular formula is C23H32N6O2. The topological polar surface area (TPSA) is 94.2 Å². The maximum absolute atomic E-state index is 13.2. The standard InChI is InChI=1S/C23H32N6O2/c1-14-12-15(2)25-21(30)18(14)13-24-22(31)19-17(4)20(29-11-7-8-16(29)3)27-23(26-19)28-9-5-6-10-28/h12,16H,5-11,13H2,1-4H3,(H,24,31)(H,25,30)/t16-/m0/s1. The highest BCUT2D eigenvalue weighted by atomic mass is 16.2. The molecule has 0 spiro atoms. The highest BCUT2D eigenvalue weighted by molar-refractivity contribution is 5.95. The maximum atomic E-state index is 13.2. The van der Waals surface area contributed by atoms with Crippen LogP contribution in [0.5, 0.6) is 0 Å². The van der Waals surface area contributed by atoms with Crippen molar-refractivity contribution in [1.29, 1.82) is 0 Å². The Balaban J connectivity index is 1.65. The number of amides is 1. The molecule has 0 radical (unpaired) electrons. The summed E-state index contributed by atoms with van der Waals surface area (Å²) in [6.45, 7) is 10.8. The van der Waals surface area contributed by atoms with Crippen LogP contribution >= 0.6 is 0 Å². The van der Waals surface area contributed by atoms with Gasteiger partial charge in [-0.05, 0) is 65.0 Å². The number of pyridine rings is 1. The summed E-state index contributed by atoms with van der Waals surface area (Å²) in [5.74, 6) is 1.22. The average Bonchev–Trinajstić information content (AvgIpc) is 3.39. The van der Waals surface area contributed by atoms with Crippen LogP contribution in [0.2, 0.25) is 0 Å². The highest BCUT2D eigenvalue weighted by Crippen LogP contribution is 2.30. The number of aromatic nitrogens is 3. The minimum absolute atomic E-state index is 0.165. The van der Waals surface area contributed by atoms with Crippen LogP contribution in [0.25, 0.3) is 0 Å². The third-order valence-electron chi connectivity index (χ3n) is 6.46. The molecule has 4 heterocycles. The summed E-state index contributed by atoms with van der Waals surface area (Å²) in [6.07, 6.45) is 4.48. The van der Waals surface area contributed by atoms with Gasteiger partial charge in [0.15, 0.2) is 0 Å². The Labute approximate surface area is 183 Å². The van der Waals surface area contributed by atoms with Gasteiger partial charge in [0.1, 0.15) is 11.5 Å². The zero-order valence-electron chi connectivity index (χ0n) is 18.9. The van der Waals surface area contributed by atoms with E-state index < -0.39 is 0 Å². The fourth-order valence-electron chi connectivity index (χ4n) is 4.65. The molecular weight excluding hydrogens is 392 g/mol. The lowest BCUT2D eigenvalue weighted by Gasteiger charge is -2.27. The van der Waals surface area contributed by atoms with Gasteiger partial charge in [-0.1, -0.05) is 0 Å².